The molecule has 0 unspecified atom stereocenters. The normalized spacial score (nSPS) is 17.8. The lowest BCUT2D eigenvalue weighted by Crippen LogP contribution is -2.58. The van der Waals surface area contributed by atoms with Crippen molar-refractivity contribution in [3.05, 3.63) is 42.0 Å². The average molecular weight is 398 g/mol. The summed E-state index contributed by atoms with van der Waals surface area (Å²) in [7, 11) is 1.63. The molecule has 2 N–H and O–H groups in total. The zero-order chi connectivity index (χ0) is 21.0. The van der Waals surface area contributed by atoms with Gasteiger partial charge in [0.2, 0.25) is 11.8 Å². The van der Waals surface area contributed by atoms with Gasteiger partial charge in [0.05, 0.1) is 19.6 Å². The second-order valence-corrected chi connectivity index (χ2v) is 8.79. The maximum atomic E-state index is 12.7. The third-order valence-corrected chi connectivity index (χ3v) is 5.18. The van der Waals surface area contributed by atoms with E-state index in [1.54, 1.807) is 7.11 Å². The van der Waals surface area contributed by atoms with Crippen LogP contribution >= 0.6 is 0 Å². The van der Waals surface area contributed by atoms with Crippen LogP contribution in [0.4, 0.5) is 0 Å². The van der Waals surface area contributed by atoms with Crippen molar-refractivity contribution in [3.8, 4) is 5.75 Å². The van der Waals surface area contributed by atoms with Gasteiger partial charge in [-0.1, -0.05) is 51.1 Å². The van der Waals surface area contributed by atoms with Gasteiger partial charge in [0.1, 0.15) is 5.75 Å². The van der Waals surface area contributed by atoms with E-state index in [1.807, 2.05) is 36.4 Å². The summed E-state index contributed by atoms with van der Waals surface area (Å²) in [5.74, 6) is 0.535. The summed E-state index contributed by atoms with van der Waals surface area (Å²) in [5.41, 5.74) is 1.00. The number of nitrogens with zero attached hydrogens (tertiary/aromatic N) is 1. The zero-order valence-corrected chi connectivity index (χ0v) is 17.7. The lowest BCUT2D eigenvalue weighted by Gasteiger charge is -2.38. The Morgan fingerprint density at radius 3 is 2.72 bits per heavy atom. The fourth-order valence-electron chi connectivity index (χ4n) is 3.91. The standard InChI is InChI=1S/C23H31N3O3/c1-23(2,3)15-26-12-11-24-22(28)19(26)13-21(27)25-14-18-17-8-6-5-7-16(17)9-10-20(18)29-4/h5-10,19H,11-15H2,1-4H3,(H,24,28)(H,25,27)/t19-/m0/s1. The van der Waals surface area contributed by atoms with E-state index in [1.165, 1.54) is 0 Å². The molecule has 1 fully saturated rings. The number of hydrogen-bond acceptors (Lipinski definition) is 4. The first-order valence-corrected chi connectivity index (χ1v) is 10.1. The molecule has 1 heterocycles. The van der Waals surface area contributed by atoms with Gasteiger partial charge in [-0.15, -0.1) is 0 Å². The smallest absolute Gasteiger partial charge is 0.237 e. The number of nitrogens with one attached hydrogen (secondary N) is 2. The first kappa shape index (κ1) is 21.1. The van der Waals surface area contributed by atoms with Crippen molar-refractivity contribution in [2.45, 2.75) is 39.8 Å². The van der Waals surface area contributed by atoms with E-state index in [4.69, 9.17) is 4.74 Å². The molecule has 3 rings (SSSR count). The average Bonchev–Trinajstić information content (AvgIpc) is 2.67. The van der Waals surface area contributed by atoms with Gasteiger partial charge in [0, 0.05) is 31.7 Å². The summed E-state index contributed by atoms with van der Waals surface area (Å²) < 4.78 is 5.50. The number of amides is 2. The van der Waals surface area contributed by atoms with Crippen LogP contribution in [-0.2, 0) is 16.1 Å². The molecule has 2 amide bonds. The Morgan fingerprint density at radius 1 is 1.24 bits per heavy atom. The summed E-state index contributed by atoms with van der Waals surface area (Å²) in [5, 5.41) is 8.03. The van der Waals surface area contributed by atoms with Crippen LogP contribution in [0.25, 0.3) is 10.8 Å². The predicted octanol–water partition coefficient (Wildman–Crippen LogP) is 2.70. The van der Waals surface area contributed by atoms with Gasteiger partial charge in [-0.25, -0.2) is 0 Å². The van der Waals surface area contributed by atoms with Crippen LogP contribution in [0.2, 0.25) is 0 Å². The zero-order valence-electron chi connectivity index (χ0n) is 17.7. The SMILES string of the molecule is COc1ccc2ccccc2c1CNC(=O)C[C@H]1C(=O)NCCN1CC(C)(C)C. The fourth-order valence-corrected chi connectivity index (χ4v) is 3.91. The van der Waals surface area contributed by atoms with Crippen molar-refractivity contribution in [1.29, 1.82) is 0 Å². The molecule has 29 heavy (non-hydrogen) atoms. The second kappa shape index (κ2) is 8.82. The highest BCUT2D eigenvalue weighted by molar-refractivity contribution is 5.90. The van der Waals surface area contributed by atoms with E-state index in [9.17, 15) is 9.59 Å². The molecule has 1 aliphatic rings. The summed E-state index contributed by atoms with van der Waals surface area (Å²) in [6.07, 6.45) is 0.148. The largest absolute Gasteiger partial charge is 0.496 e. The molecule has 1 saturated heterocycles. The van der Waals surface area contributed by atoms with E-state index in [0.717, 1.165) is 35.2 Å². The monoisotopic (exact) mass is 397 g/mol. The molecule has 6 nitrogen and oxygen atoms in total. The number of rotatable bonds is 6. The highest BCUT2D eigenvalue weighted by Gasteiger charge is 2.33. The third kappa shape index (κ3) is 5.26. The minimum absolute atomic E-state index is 0.0582. The highest BCUT2D eigenvalue weighted by Crippen LogP contribution is 2.28. The summed E-state index contributed by atoms with van der Waals surface area (Å²) in [6.45, 7) is 8.95. The minimum Gasteiger partial charge on any atom is -0.496 e. The van der Waals surface area contributed by atoms with Gasteiger partial charge < -0.3 is 15.4 Å². The van der Waals surface area contributed by atoms with Crippen molar-refractivity contribution < 1.29 is 14.3 Å². The number of piperazine rings is 1. The molecule has 6 heteroatoms. The topological polar surface area (TPSA) is 70.7 Å². The quantitative estimate of drug-likeness (QED) is 0.786. The maximum Gasteiger partial charge on any atom is 0.237 e. The van der Waals surface area contributed by atoms with Crippen molar-refractivity contribution in [2.24, 2.45) is 5.41 Å². The van der Waals surface area contributed by atoms with Gasteiger partial charge in [-0.05, 0) is 22.3 Å². The van der Waals surface area contributed by atoms with Crippen LogP contribution in [0.15, 0.2) is 36.4 Å². The molecule has 0 radical (unpaired) electrons. The van der Waals surface area contributed by atoms with E-state index in [-0.39, 0.29) is 23.7 Å². The van der Waals surface area contributed by atoms with Gasteiger partial charge >= 0.3 is 0 Å². The van der Waals surface area contributed by atoms with E-state index in [0.29, 0.717) is 13.1 Å². The van der Waals surface area contributed by atoms with Crippen LogP contribution in [0, 0.1) is 5.41 Å². The Morgan fingerprint density at radius 2 is 2.00 bits per heavy atom. The summed E-state index contributed by atoms with van der Waals surface area (Å²) in [4.78, 5) is 27.3. The number of fused-ring (bicyclic) bond motifs is 1. The molecule has 2 aromatic carbocycles. The molecule has 0 spiro atoms. The Balaban J connectivity index is 1.71. The lowest BCUT2D eigenvalue weighted by atomic mass is 9.94. The van der Waals surface area contributed by atoms with Crippen molar-refractivity contribution in [3.63, 3.8) is 0 Å². The molecule has 0 saturated carbocycles. The van der Waals surface area contributed by atoms with Crippen LogP contribution in [0.5, 0.6) is 5.75 Å². The van der Waals surface area contributed by atoms with Crippen LogP contribution < -0.4 is 15.4 Å². The molecule has 1 aliphatic heterocycles. The first-order chi connectivity index (χ1) is 13.8. The van der Waals surface area contributed by atoms with Gasteiger partial charge in [0.25, 0.3) is 0 Å². The second-order valence-electron chi connectivity index (χ2n) is 8.79. The molecule has 0 aliphatic carbocycles. The van der Waals surface area contributed by atoms with Crippen molar-refractivity contribution >= 4 is 22.6 Å². The summed E-state index contributed by atoms with van der Waals surface area (Å²) >= 11 is 0. The van der Waals surface area contributed by atoms with Crippen LogP contribution in [0.3, 0.4) is 0 Å². The first-order valence-electron chi connectivity index (χ1n) is 10.1. The molecule has 1 atom stereocenters. The number of carbonyl (C=O) groups is 2. The molecular formula is C23H31N3O3. The number of carbonyl (C=O) groups excluding carboxylic acids is 2. The molecular weight excluding hydrogens is 366 g/mol. The van der Waals surface area contributed by atoms with E-state index in [2.05, 4.69) is 36.3 Å². The molecule has 0 aromatic heterocycles. The van der Waals surface area contributed by atoms with Crippen LogP contribution in [0.1, 0.15) is 32.8 Å². The molecule has 156 valence electrons. The number of hydrogen-bond donors (Lipinski definition) is 2. The van der Waals surface area contributed by atoms with E-state index >= 15 is 0 Å². The van der Waals surface area contributed by atoms with Gasteiger partial charge in [-0.2, -0.15) is 0 Å². The Hall–Kier alpha value is -2.60. The minimum atomic E-state index is -0.433. The molecule has 0 bridgehead atoms. The van der Waals surface area contributed by atoms with Crippen molar-refractivity contribution in [2.75, 3.05) is 26.7 Å². The van der Waals surface area contributed by atoms with E-state index < -0.39 is 6.04 Å². The van der Waals surface area contributed by atoms with Crippen LogP contribution in [-0.4, -0.2) is 49.5 Å². The predicted molar refractivity (Wildman–Crippen MR) is 115 cm³/mol. The van der Waals surface area contributed by atoms with Gasteiger partial charge in [-0.3, -0.25) is 14.5 Å². The number of benzene rings is 2. The highest BCUT2D eigenvalue weighted by atomic mass is 16.5. The summed E-state index contributed by atoms with van der Waals surface area (Å²) in [6, 6.07) is 11.5. The number of methoxy groups -OCH3 is 1. The Labute approximate surface area is 172 Å². The molecule has 2 aromatic rings. The Bertz CT molecular complexity index is 889. The third-order valence-electron chi connectivity index (χ3n) is 5.18. The fraction of sp³-hybridized carbons (Fsp3) is 0.478. The number of ether oxygens (including phenoxy) is 1. The lowest BCUT2D eigenvalue weighted by molar-refractivity contribution is -0.134. The van der Waals surface area contributed by atoms with Gasteiger partial charge in [0.15, 0.2) is 0 Å². The maximum absolute atomic E-state index is 12.7. The Kier molecular flexibility index (Phi) is 6.42. The van der Waals surface area contributed by atoms with Crippen molar-refractivity contribution in [1.82, 2.24) is 15.5 Å².